The molecule has 7 nitrogen and oxygen atoms in total. The molecule has 178 valence electrons. The molecule has 2 aromatic rings. The lowest BCUT2D eigenvalue weighted by atomic mass is 9.85. The Bertz CT molecular complexity index is 1260. The van der Waals surface area contributed by atoms with Gasteiger partial charge in [-0.25, -0.2) is 4.90 Å². The summed E-state index contributed by atoms with van der Waals surface area (Å²) in [5, 5.41) is 0. The SMILES string of the molecule is Cc1cc(C)cc(N2C[C@@H](C(=O)Oc3cccc(N4C(=O)[C@@H]5[C@H](C4=O)[C@H]4C=C[C@H]5C4)c3)CC2=O)c1. The number of esters is 1. The molecule has 3 fully saturated rings. The van der Waals surface area contributed by atoms with Crippen LogP contribution in [0.1, 0.15) is 24.0 Å². The summed E-state index contributed by atoms with van der Waals surface area (Å²) in [5.74, 6) is -1.62. The van der Waals surface area contributed by atoms with E-state index in [9.17, 15) is 19.2 Å². The second-order valence-electron chi connectivity index (χ2n) is 10.2. The van der Waals surface area contributed by atoms with Gasteiger partial charge < -0.3 is 9.64 Å². The predicted octanol–water partition coefficient (Wildman–Crippen LogP) is 3.57. The zero-order valence-electron chi connectivity index (χ0n) is 19.6. The number of rotatable bonds is 4. The first kappa shape index (κ1) is 21.8. The van der Waals surface area contributed by atoms with Crippen LogP contribution in [0, 0.1) is 43.4 Å². The van der Waals surface area contributed by atoms with Crippen LogP contribution in [-0.4, -0.2) is 30.2 Å². The minimum absolute atomic E-state index is 0.0771. The van der Waals surface area contributed by atoms with Crippen molar-refractivity contribution in [1.29, 1.82) is 0 Å². The van der Waals surface area contributed by atoms with Gasteiger partial charge in [0.25, 0.3) is 0 Å². The number of fused-ring (bicyclic) bond motifs is 5. The Morgan fingerprint density at radius 2 is 1.54 bits per heavy atom. The van der Waals surface area contributed by atoms with Crippen molar-refractivity contribution in [2.45, 2.75) is 26.7 Å². The summed E-state index contributed by atoms with van der Waals surface area (Å²) < 4.78 is 5.62. The summed E-state index contributed by atoms with van der Waals surface area (Å²) in [6.07, 6.45) is 5.07. The highest BCUT2D eigenvalue weighted by Crippen LogP contribution is 2.53. The second kappa shape index (κ2) is 7.90. The van der Waals surface area contributed by atoms with E-state index in [-0.39, 0.29) is 60.1 Å². The molecule has 1 saturated carbocycles. The average molecular weight is 471 g/mol. The Labute approximate surface area is 203 Å². The van der Waals surface area contributed by atoms with Crippen molar-refractivity contribution in [3.8, 4) is 5.75 Å². The van der Waals surface area contributed by atoms with Crippen molar-refractivity contribution >= 4 is 35.1 Å². The lowest BCUT2D eigenvalue weighted by molar-refractivity contribution is -0.139. The zero-order valence-corrected chi connectivity index (χ0v) is 19.6. The number of allylic oxidation sites excluding steroid dienone is 2. The Morgan fingerprint density at radius 3 is 2.20 bits per heavy atom. The molecule has 0 aromatic heterocycles. The van der Waals surface area contributed by atoms with E-state index in [0.717, 1.165) is 23.2 Å². The number of benzene rings is 2. The normalized spacial score (nSPS) is 28.9. The zero-order chi connectivity index (χ0) is 24.4. The lowest BCUT2D eigenvalue weighted by Crippen LogP contribution is -2.32. The molecule has 3 amide bonds. The number of amides is 3. The highest BCUT2D eigenvalue weighted by Gasteiger charge is 2.59. The molecule has 35 heavy (non-hydrogen) atoms. The number of imide groups is 1. The van der Waals surface area contributed by atoms with Crippen LogP contribution in [0.4, 0.5) is 11.4 Å². The van der Waals surface area contributed by atoms with Gasteiger partial charge in [-0.15, -0.1) is 0 Å². The predicted molar refractivity (Wildman–Crippen MR) is 129 cm³/mol. The Morgan fingerprint density at radius 1 is 0.886 bits per heavy atom. The van der Waals surface area contributed by atoms with E-state index in [2.05, 4.69) is 12.2 Å². The Balaban J connectivity index is 1.17. The average Bonchev–Trinajstić information content (AvgIpc) is 3.57. The number of hydrogen-bond donors (Lipinski definition) is 0. The fourth-order valence-corrected chi connectivity index (χ4v) is 6.26. The number of carbonyl (C=O) groups is 4. The fourth-order valence-electron chi connectivity index (χ4n) is 6.26. The first-order valence-corrected chi connectivity index (χ1v) is 12.1. The maximum atomic E-state index is 13.1. The molecule has 4 aliphatic rings. The lowest BCUT2D eigenvalue weighted by Gasteiger charge is -2.19. The number of nitrogens with zero attached hydrogens (tertiary/aromatic N) is 2. The minimum atomic E-state index is -0.594. The summed E-state index contributed by atoms with van der Waals surface area (Å²) in [6, 6.07) is 12.4. The van der Waals surface area contributed by atoms with E-state index >= 15 is 0 Å². The number of ether oxygens (including phenoxy) is 1. The second-order valence-corrected chi connectivity index (χ2v) is 10.2. The molecule has 2 aromatic carbocycles. The van der Waals surface area contributed by atoms with Gasteiger partial charge in [0.05, 0.1) is 23.4 Å². The van der Waals surface area contributed by atoms with Gasteiger partial charge in [0.1, 0.15) is 5.75 Å². The molecule has 2 saturated heterocycles. The summed E-state index contributed by atoms with van der Waals surface area (Å²) >= 11 is 0. The van der Waals surface area contributed by atoms with Gasteiger partial charge >= 0.3 is 5.97 Å². The molecule has 0 spiro atoms. The number of carbonyl (C=O) groups excluding carboxylic acids is 4. The van der Waals surface area contributed by atoms with Crippen LogP contribution in [0.5, 0.6) is 5.75 Å². The molecule has 6 rings (SSSR count). The first-order chi connectivity index (χ1) is 16.8. The summed E-state index contributed by atoms with van der Waals surface area (Å²) in [5.41, 5.74) is 3.30. The van der Waals surface area contributed by atoms with E-state index in [4.69, 9.17) is 4.74 Å². The van der Waals surface area contributed by atoms with Gasteiger partial charge in [-0.1, -0.05) is 24.3 Å². The molecule has 5 atom stereocenters. The summed E-state index contributed by atoms with van der Waals surface area (Å²) in [7, 11) is 0. The molecular weight excluding hydrogens is 444 g/mol. The summed E-state index contributed by atoms with van der Waals surface area (Å²) in [6.45, 7) is 4.20. The largest absolute Gasteiger partial charge is 0.426 e. The first-order valence-electron chi connectivity index (χ1n) is 12.1. The van der Waals surface area contributed by atoms with Gasteiger partial charge in [0.2, 0.25) is 17.7 Å². The minimum Gasteiger partial charge on any atom is -0.426 e. The van der Waals surface area contributed by atoms with Crippen molar-refractivity contribution in [3.63, 3.8) is 0 Å². The highest BCUT2D eigenvalue weighted by atomic mass is 16.5. The molecular formula is C28H26N2O5. The van der Waals surface area contributed by atoms with Crippen LogP contribution in [0.3, 0.4) is 0 Å². The third kappa shape index (κ3) is 3.49. The van der Waals surface area contributed by atoms with E-state index < -0.39 is 11.9 Å². The topological polar surface area (TPSA) is 84.0 Å². The van der Waals surface area contributed by atoms with Crippen LogP contribution >= 0.6 is 0 Å². The molecule has 7 heteroatoms. The van der Waals surface area contributed by atoms with Gasteiger partial charge in [-0.3, -0.25) is 19.2 Å². The van der Waals surface area contributed by atoms with Gasteiger partial charge in [-0.2, -0.15) is 0 Å². The molecule has 2 heterocycles. The Kier molecular flexibility index (Phi) is 4.91. The third-order valence-electron chi connectivity index (χ3n) is 7.74. The monoisotopic (exact) mass is 470 g/mol. The smallest absolute Gasteiger partial charge is 0.316 e. The Hall–Kier alpha value is -3.74. The molecule has 0 unspecified atom stereocenters. The fraction of sp³-hybridized carbons (Fsp3) is 0.357. The number of anilines is 2. The maximum Gasteiger partial charge on any atom is 0.316 e. The van der Waals surface area contributed by atoms with Crippen LogP contribution < -0.4 is 14.5 Å². The van der Waals surface area contributed by atoms with Crippen molar-refractivity contribution in [3.05, 3.63) is 65.7 Å². The van der Waals surface area contributed by atoms with Crippen LogP contribution in [-0.2, 0) is 19.2 Å². The van der Waals surface area contributed by atoms with Crippen molar-refractivity contribution in [1.82, 2.24) is 0 Å². The highest BCUT2D eigenvalue weighted by molar-refractivity contribution is 6.22. The molecule has 0 radical (unpaired) electrons. The van der Waals surface area contributed by atoms with Gasteiger partial charge in [0, 0.05) is 24.7 Å². The van der Waals surface area contributed by atoms with E-state index in [1.54, 1.807) is 29.2 Å². The molecule has 2 aliphatic heterocycles. The third-order valence-corrected chi connectivity index (χ3v) is 7.74. The van der Waals surface area contributed by atoms with Crippen molar-refractivity contribution < 1.29 is 23.9 Å². The molecule has 0 N–H and O–H groups in total. The van der Waals surface area contributed by atoms with Crippen molar-refractivity contribution in [2.24, 2.45) is 29.6 Å². The quantitative estimate of drug-likeness (QED) is 0.295. The van der Waals surface area contributed by atoms with Gasteiger partial charge in [0.15, 0.2) is 0 Å². The molecule has 2 bridgehead atoms. The standard InChI is InChI=1S/C28H26N2O5/c1-15-8-16(2)10-21(9-15)29-14-19(12-23(29)31)28(34)35-22-5-3-4-20(13-22)30-26(32)24-17-6-7-18(11-17)25(24)27(30)33/h3-10,13,17-19,24-25H,11-12,14H2,1-2H3/t17-,18-,19-,24-,25+/m0/s1. The molecule has 2 aliphatic carbocycles. The van der Waals surface area contributed by atoms with Gasteiger partial charge in [-0.05, 0) is 67.5 Å². The van der Waals surface area contributed by atoms with Crippen molar-refractivity contribution in [2.75, 3.05) is 16.3 Å². The summed E-state index contributed by atoms with van der Waals surface area (Å²) in [4.78, 5) is 54.7. The van der Waals surface area contributed by atoms with Crippen LogP contribution in [0.2, 0.25) is 0 Å². The van der Waals surface area contributed by atoms with Crippen LogP contribution in [0.25, 0.3) is 0 Å². The van der Waals surface area contributed by atoms with E-state index in [0.29, 0.717) is 5.69 Å². The maximum absolute atomic E-state index is 13.1. The number of aryl methyl sites for hydroxylation is 2. The van der Waals surface area contributed by atoms with E-state index in [1.807, 2.05) is 32.0 Å². The van der Waals surface area contributed by atoms with E-state index in [1.165, 1.54) is 4.90 Å². The number of hydrogen-bond acceptors (Lipinski definition) is 5. The van der Waals surface area contributed by atoms with Crippen LogP contribution in [0.15, 0.2) is 54.6 Å².